The number of nitrogens with zero attached hydrogens (tertiary/aromatic N) is 1. The van der Waals surface area contributed by atoms with Crippen molar-refractivity contribution in [2.24, 2.45) is 0 Å². The van der Waals surface area contributed by atoms with Crippen LogP contribution in [-0.4, -0.2) is 26.4 Å². The highest BCUT2D eigenvalue weighted by molar-refractivity contribution is 7.92. The molecule has 0 atom stereocenters. The van der Waals surface area contributed by atoms with Gasteiger partial charge in [-0.05, 0) is 43.3 Å². The molecule has 1 heterocycles. The third-order valence-corrected chi connectivity index (χ3v) is 7.00. The Kier molecular flexibility index (Phi) is 6.43. The highest BCUT2D eigenvalue weighted by atomic mass is 32.2. The number of para-hydroxylation sites is 1. The number of carbonyl (C=O) groups is 1. The summed E-state index contributed by atoms with van der Waals surface area (Å²) in [5, 5.41) is 5.04. The molecule has 1 amide bonds. The van der Waals surface area contributed by atoms with Gasteiger partial charge in [-0.2, -0.15) is 0 Å². The zero-order chi connectivity index (χ0) is 23.4. The summed E-state index contributed by atoms with van der Waals surface area (Å²) >= 11 is 1.30. The number of benzene rings is 3. The van der Waals surface area contributed by atoms with E-state index in [-0.39, 0.29) is 16.1 Å². The van der Waals surface area contributed by atoms with Crippen LogP contribution in [0, 0.1) is 6.92 Å². The highest BCUT2D eigenvalue weighted by Gasteiger charge is 2.19. The maximum atomic E-state index is 12.9. The molecule has 4 aromatic rings. The van der Waals surface area contributed by atoms with Crippen LogP contribution in [0.15, 0.2) is 83.1 Å². The molecule has 2 N–H and O–H groups in total. The number of carbonyl (C=O) groups excluding carboxylic acids is 1. The second-order valence-electron chi connectivity index (χ2n) is 7.18. The summed E-state index contributed by atoms with van der Waals surface area (Å²) in [4.78, 5) is 17.5. The van der Waals surface area contributed by atoms with Gasteiger partial charge in [0, 0.05) is 10.9 Å². The average Bonchev–Trinajstić information content (AvgIpc) is 3.28. The number of anilines is 2. The first-order valence-electron chi connectivity index (χ1n) is 9.95. The fourth-order valence-electron chi connectivity index (χ4n) is 3.08. The van der Waals surface area contributed by atoms with Crippen molar-refractivity contribution in [1.29, 1.82) is 0 Å². The quantitative estimate of drug-likeness (QED) is 0.381. The minimum absolute atomic E-state index is 0.0566. The van der Waals surface area contributed by atoms with Gasteiger partial charge in [0.05, 0.1) is 29.0 Å². The van der Waals surface area contributed by atoms with E-state index in [2.05, 4.69) is 15.0 Å². The molecule has 0 unspecified atom stereocenters. The number of methoxy groups -OCH3 is 1. The predicted octanol–water partition coefficient (Wildman–Crippen LogP) is 5.18. The van der Waals surface area contributed by atoms with E-state index in [0.29, 0.717) is 10.9 Å². The molecule has 0 spiro atoms. The molecule has 0 radical (unpaired) electrons. The lowest BCUT2D eigenvalue weighted by Gasteiger charge is -2.12. The third-order valence-electron chi connectivity index (χ3n) is 4.86. The van der Waals surface area contributed by atoms with Crippen molar-refractivity contribution >= 4 is 38.1 Å². The van der Waals surface area contributed by atoms with E-state index in [4.69, 9.17) is 4.74 Å². The van der Waals surface area contributed by atoms with Crippen LogP contribution >= 0.6 is 11.3 Å². The molecule has 33 heavy (non-hydrogen) atoms. The molecule has 168 valence electrons. The zero-order valence-electron chi connectivity index (χ0n) is 17.9. The van der Waals surface area contributed by atoms with Crippen molar-refractivity contribution in [1.82, 2.24) is 4.98 Å². The first kappa shape index (κ1) is 22.5. The van der Waals surface area contributed by atoms with Crippen LogP contribution in [0.1, 0.15) is 15.9 Å². The van der Waals surface area contributed by atoms with E-state index in [1.54, 1.807) is 30.3 Å². The molecule has 0 aliphatic carbocycles. The number of sulfonamides is 1. The first-order valence-corrected chi connectivity index (χ1v) is 12.3. The van der Waals surface area contributed by atoms with E-state index < -0.39 is 15.9 Å². The van der Waals surface area contributed by atoms with E-state index >= 15 is 0 Å². The SMILES string of the molecule is COc1ccc(S(=O)(=O)Nc2ccccc2C(=O)Nc2nc(-c3ccc(C)cc3)cs2)cc1. The topological polar surface area (TPSA) is 97.4 Å². The Labute approximate surface area is 196 Å². The molecule has 7 nitrogen and oxygen atoms in total. The highest BCUT2D eigenvalue weighted by Crippen LogP contribution is 2.27. The predicted molar refractivity (Wildman–Crippen MR) is 130 cm³/mol. The molecule has 3 aromatic carbocycles. The largest absolute Gasteiger partial charge is 0.497 e. The Morgan fingerprint density at radius 2 is 1.67 bits per heavy atom. The number of nitrogens with one attached hydrogen (secondary N) is 2. The Hall–Kier alpha value is -3.69. The van der Waals surface area contributed by atoms with Gasteiger partial charge in [0.25, 0.3) is 15.9 Å². The van der Waals surface area contributed by atoms with Crippen LogP contribution in [0.2, 0.25) is 0 Å². The number of hydrogen-bond acceptors (Lipinski definition) is 6. The summed E-state index contributed by atoms with van der Waals surface area (Å²) in [6.07, 6.45) is 0. The Balaban J connectivity index is 1.53. The van der Waals surface area contributed by atoms with E-state index in [1.807, 2.05) is 36.6 Å². The number of ether oxygens (including phenoxy) is 1. The van der Waals surface area contributed by atoms with Crippen LogP contribution in [0.25, 0.3) is 11.3 Å². The molecule has 0 aliphatic heterocycles. The Morgan fingerprint density at radius 1 is 0.970 bits per heavy atom. The van der Waals surface area contributed by atoms with Gasteiger partial charge in [-0.3, -0.25) is 14.8 Å². The lowest BCUT2D eigenvalue weighted by Crippen LogP contribution is -2.18. The molecular weight excluding hydrogens is 458 g/mol. The maximum absolute atomic E-state index is 12.9. The minimum Gasteiger partial charge on any atom is -0.497 e. The fraction of sp³-hybridized carbons (Fsp3) is 0.0833. The van der Waals surface area contributed by atoms with Gasteiger partial charge in [-0.25, -0.2) is 13.4 Å². The summed E-state index contributed by atoms with van der Waals surface area (Å²) < 4.78 is 33.2. The van der Waals surface area contributed by atoms with Crippen molar-refractivity contribution < 1.29 is 17.9 Å². The van der Waals surface area contributed by atoms with Gasteiger partial charge in [-0.15, -0.1) is 11.3 Å². The molecule has 4 rings (SSSR count). The number of thiazole rings is 1. The molecular formula is C24H21N3O4S2. The summed E-state index contributed by atoms with van der Waals surface area (Å²) in [6, 6.07) is 20.3. The summed E-state index contributed by atoms with van der Waals surface area (Å²) in [5.41, 5.74) is 3.20. The number of rotatable bonds is 7. The molecule has 0 bridgehead atoms. The fourth-order valence-corrected chi connectivity index (χ4v) is 4.88. The van der Waals surface area contributed by atoms with Gasteiger partial charge < -0.3 is 4.74 Å². The first-order chi connectivity index (χ1) is 15.9. The van der Waals surface area contributed by atoms with Crippen molar-refractivity contribution in [3.8, 4) is 17.0 Å². The molecule has 1 aromatic heterocycles. The third kappa shape index (κ3) is 5.21. The smallest absolute Gasteiger partial charge is 0.261 e. The number of aryl methyl sites for hydroxylation is 1. The van der Waals surface area contributed by atoms with Crippen LogP contribution in [-0.2, 0) is 10.0 Å². The average molecular weight is 480 g/mol. The standard InChI is InChI=1S/C24H21N3O4S2/c1-16-7-9-17(10-8-16)22-15-32-24(25-22)26-23(28)20-5-3-4-6-21(20)27-33(29,30)19-13-11-18(31-2)12-14-19/h3-15,27H,1-2H3,(H,25,26,28). The van der Waals surface area contributed by atoms with Crippen LogP contribution in [0.5, 0.6) is 5.75 Å². The molecule has 9 heteroatoms. The monoisotopic (exact) mass is 479 g/mol. The van der Waals surface area contributed by atoms with E-state index in [9.17, 15) is 13.2 Å². The minimum atomic E-state index is -3.90. The zero-order valence-corrected chi connectivity index (χ0v) is 19.5. The van der Waals surface area contributed by atoms with Crippen LogP contribution < -0.4 is 14.8 Å². The van der Waals surface area contributed by atoms with E-state index in [1.165, 1.54) is 36.6 Å². The van der Waals surface area contributed by atoms with Crippen molar-refractivity contribution in [3.05, 3.63) is 89.3 Å². The lowest BCUT2D eigenvalue weighted by molar-refractivity contribution is 0.102. The van der Waals surface area contributed by atoms with Crippen LogP contribution in [0.4, 0.5) is 10.8 Å². The number of hydrogen-bond donors (Lipinski definition) is 2. The van der Waals surface area contributed by atoms with Gasteiger partial charge in [-0.1, -0.05) is 42.0 Å². The van der Waals surface area contributed by atoms with Gasteiger partial charge >= 0.3 is 0 Å². The van der Waals surface area contributed by atoms with Crippen molar-refractivity contribution in [2.75, 3.05) is 17.1 Å². The van der Waals surface area contributed by atoms with Crippen molar-refractivity contribution in [3.63, 3.8) is 0 Å². The van der Waals surface area contributed by atoms with Gasteiger partial charge in [0.15, 0.2) is 5.13 Å². The lowest BCUT2D eigenvalue weighted by atomic mass is 10.1. The van der Waals surface area contributed by atoms with E-state index in [0.717, 1.165) is 16.8 Å². The second kappa shape index (κ2) is 9.43. The summed E-state index contributed by atoms with van der Waals surface area (Å²) in [7, 11) is -2.40. The molecule has 0 saturated heterocycles. The second-order valence-corrected chi connectivity index (χ2v) is 9.73. The number of amides is 1. The molecule has 0 saturated carbocycles. The van der Waals surface area contributed by atoms with Crippen molar-refractivity contribution in [2.45, 2.75) is 11.8 Å². The summed E-state index contributed by atoms with van der Waals surface area (Å²) in [6.45, 7) is 2.01. The number of aromatic nitrogens is 1. The molecule has 0 fully saturated rings. The maximum Gasteiger partial charge on any atom is 0.261 e. The Bertz CT molecular complexity index is 1380. The summed E-state index contributed by atoms with van der Waals surface area (Å²) in [5.74, 6) is 0.0787. The van der Waals surface area contributed by atoms with Crippen LogP contribution in [0.3, 0.4) is 0 Å². The Morgan fingerprint density at radius 3 is 2.36 bits per heavy atom. The van der Waals surface area contributed by atoms with Gasteiger partial charge in [0.2, 0.25) is 0 Å². The molecule has 0 aliphatic rings. The van der Waals surface area contributed by atoms with Gasteiger partial charge in [0.1, 0.15) is 5.75 Å². The normalized spacial score (nSPS) is 11.1.